The number of aliphatic hydroxyl groups is 6. The van der Waals surface area contributed by atoms with Gasteiger partial charge in [0.2, 0.25) is 17.5 Å². The van der Waals surface area contributed by atoms with E-state index in [1.54, 1.807) is 0 Å². The van der Waals surface area contributed by atoms with Gasteiger partial charge < -0.3 is 74.4 Å². The third-order valence-corrected chi connectivity index (χ3v) is 7.29. The van der Waals surface area contributed by atoms with Crippen LogP contribution < -0.4 is 10.2 Å². The molecule has 43 heavy (non-hydrogen) atoms. The number of benzene rings is 2. The minimum Gasteiger partial charge on any atom is -0.508 e. The second-order valence-corrected chi connectivity index (χ2v) is 10.3. The molecule has 2 fully saturated rings. The van der Waals surface area contributed by atoms with Crippen LogP contribution in [0, 0.1) is 0 Å². The normalized spacial score (nSPS) is 33.0. The van der Waals surface area contributed by atoms with E-state index >= 15 is 0 Å². The van der Waals surface area contributed by atoms with Gasteiger partial charge in [-0.05, 0) is 25.1 Å². The van der Waals surface area contributed by atoms with Crippen molar-refractivity contribution in [2.75, 3.05) is 6.61 Å². The minimum absolute atomic E-state index is 0.0313. The summed E-state index contributed by atoms with van der Waals surface area (Å²) in [4.78, 5) is 13.6. The lowest BCUT2D eigenvalue weighted by atomic mass is 9.98. The van der Waals surface area contributed by atoms with Gasteiger partial charge >= 0.3 is 0 Å². The van der Waals surface area contributed by atoms with Crippen molar-refractivity contribution in [3.05, 3.63) is 40.6 Å². The number of aromatic hydroxyl groups is 4. The number of fused-ring (bicyclic) bond motifs is 1. The Morgan fingerprint density at radius 1 is 0.744 bits per heavy atom. The van der Waals surface area contributed by atoms with Crippen molar-refractivity contribution in [1.82, 2.24) is 0 Å². The molecule has 16 nitrogen and oxygen atoms in total. The highest BCUT2D eigenvalue weighted by molar-refractivity contribution is 5.88. The highest BCUT2D eigenvalue weighted by Gasteiger charge is 2.47. The Balaban J connectivity index is 1.48. The van der Waals surface area contributed by atoms with E-state index < -0.39 is 113 Å². The summed E-state index contributed by atoms with van der Waals surface area (Å²) in [6, 6.07) is 5.24. The summed E-state index contributed by atoms with van der Waals surface area (Å²) in [5, 5.41) is 101. The molecule has 2 aliphatic rings. The van der Waals surface area contributed by atoms with Crippen molar-refractivity contribution in [2.45, 2.75) is 68.3 Å². The van der Waals surface area contributed by atoms with Crippen LogP contribution in [0.4, 0.5) is 0 Å². The Morgan fingerprint density at radius 2 is 1.42 bits per heavy atom. The molecule has 234 valence electrons. The van der Waals surface area contributed by atoms with E-state index in [-0.39, 0.29) is 11.1 Å². The predicted molar refractivity (Wildman–Crippen MR) is 140 cm³/mol. The first-order valence-corrected chi connectivity index (χ1v) is 13.0. The van der Waals surface area contributed by atoms with Crippen LogP contribution in [0.2, 0.25) is 0 Å². The van der Waals surface area contributed by atoms with Gasteiger partial charge in [-0.15, -0.1) is 0 Å². The molecule has 0 aliphatic carbocycles. The highest BCUT2D eigenvalue weighted by Crippen LogP contribution is 2.39. The molecular weight excluding hydrogens is 580 g/mol. The molecule has 1 aromatic heterocycles. The molecule has 0 spiro atoms. The number of aliphatic hydroxyl groups excluding tert-OH is 6. The molecule has 2 aromatic carbocycles. The van der Waals surface area contributed by atoms with Crippen LogP contribution in [0.1, 0.15) is 6.92 Å². The number of phenols is 4. The summed E-state index contributed by atoms with van der Waals surface area (Å²) in [5.41, 5.74) is -1.35. The molecule has 3 heterocycles. The third-order valence-electron chi connectivity index (χ3n) is 7.29. The van der Waals surface area contributed by atoms with Crippen LogP contribution in [-0.4, -0.2) is 119 Å². The summed E-state index contributed by atoms with van der Waals surface area (Å²) in [6.07, 6.45) is -16.2. The Morgan fingerprint density at radius 3 is 2.12 bits per heavy atom. The number of hydrogen-bond donors (Lipinski definition) is 10. The van der Waals surface area contributed by atoms with Crippen molar-refractivity contribution in [2.24, 2.45) is 0 Å². The van der Waals surface area contributed by atoms with Crippen LogP contribution in [0.5, 0.6) is 28.7 Å². The van der Waals surface area contributed by atoms with Gasteiger partial charge in [-0.25, -0.2) is 0 Å². The van der Waals surface area contributed by atoms with Crippen molar-refractivity contribution >= 4 is 11.0 Å². The third kappa shape index (κ3) is 5.67. The second kappa shape index (κ2) is 11.8. The standard InChI is InChI=1S/C27H30O16/c1-8-17(32)20(35)22(37)26(40-8)39-7-15-18(33)21(36)23(38)27(42-15)43-25-19(34)16-13(31)5-10(28)6-14(16)41-24(25)9-2-3-11(29)12(30)4-9/h2-6,8,15,17-18,20-23,26-33,35-38H,7H2,1H3/t8?,15?,17-,18-,20-,21-,22-,23?,26?,27-/m0/s1. The van der Waals surface area contributed by atoms with E-state index in [4.69, 9.17) is 23.4 Å². The van der Waals surface area contributed by atoms with Crippen LogP contribution >= 0.6 is 0 Å². The molecule has 0 amide bonds. The summed E-state index contributed by atoms with van der Waals surface area (Å²) in [5.74, 6) is -3.33. The molecule has 10 N–H and O–H groups in total. The molecule has 4 unspecified atom stereocenters. The van der Waals surface area contributed by atoms with E-state index in [1.807, 2.05) is 0 Å². The average Bonchev–Trinajstić information content (AvgIpc) is 2.96. The average molecular weight is 611 g/mol. The lowest BCUT2D eigenvalue weighted by molar-refractivity contribution is -0.318. The SMILES string of the molecule is CC1OC(OCC2O[C@@H](Oc3c(-c4ccc(O)c(O)c4)oc4cc(O)cc(O)c4c3=O)C(O)[C@@H](O)[C@H]2O)[C@@H](O)[C@@H](O)[C@H]1O. The summed E-state index contributed by atoms with van der Waals surface area (Å²) in [6.45, 7) is 0.818. The number of phenolic OH excluding ortho intramolecular Hbond substituents is 4. The highest BCUT2D eigenvalue weighted by atomic mass is 16.7. The van der Waals surface area contributed by atoms with E-state index in [0.29, 0.717) is 0 Å². The summed E-state index contributed by atoms with van der Waals surface area (Å²) >= 11 is 0. The van der Waals surface area contributed by atoms with E-state index in [1.165, 1.54) is 13.0 Å². The minimum atomic E-state index is -1.97. The van der Waals surface area contributed by atoms with Gasteiger partial charge in [-0.2, -0.15) is 0 Å². The Bertz CT molecular complexity index is 1540. The van der Waals surface area contributed by atoms with Crippen LogP contribution in [0.15, 0.2) is 39.5 Å². The fourth-order valence-corrected chi connectivity index (χ4v) is 4.84. The quantitative estimate of drug-likeness (QED) is 0.140. The smallest absolute Gasteiger partial charge is 0.239 e. The van der Waals surface area contributed by atoms with Gasteiger partial charge in [0, 0.05) is 17.7 Å². The van der Waals surface area contributed by atoms with Crippen molar-refractivity contribution < 1.29 is 74.4 Å². The maximum Gasteiger partial charge on any atom is 0.239 e. The van der Waals surface area contributed by atoms with E-state index in [9.17, 15) is 55.9 Å². The first-order valence-electron chi connectivity index (χ1n) is 13.0. The zero-order chi connectivity index (χ0) is 31.3. The van der Waals surface area contributed by atoms with Crippen LogP contribution in [0.25, 0.3) is 22.3 Å². The zero-order valence-corrected chi connectivity index (χ0v) is 22.3. The molecule has 3 aromatic rings. The van der Waals surface area contributed by atoms with Gasteiger partial charge in [-0.1, -0.05) is 0 Å². The van der Waals surface area contributed by atoms with Crippen molar-refractivity contribution in [3.8, 4) is 40.1 Å². The summed E-state index contributed by atoms with van der Waals surface area (Å²) < 4.78 is 27.8. The fourth-order valence-electron chi connectivity index (χ4n) is 4.84. The fraction of sp³-hybridized carbons (Fsp3) is 0.444. The lowest BCUT2D eigenvalue weighted by Gasteiger charge is -2.42. The van der Waals surface area contributed by atoms with Gasteiger partial charge in [0.15, 0.2) is 23.5 Å². The molecule has 0 saturated carbocycles. The molecule has 0 radical (unpaired) electrons. The van der Waals surface area contributed by atoms with Gasteiger partial charge in [0.1, 0.15) is 65.2 Å². The first kappa shape index (κ1) is 30.7. The van der Waals surface area contributed by atoms with Crippen LogP contribution in [0.3, 0.4) is 0 Å². The van der Waals surface area contributed by atoms with Gasteiger partial charge in [-0.3, -0.25) is 4.79 Å². The monoisotopic (exact) mass is 610 g/mol. The Hall–Kier alpha value is -3.71. The first-order chi connectivity index (χ1) is 20.3. The topological polar surface area (TPSA) is 269 Å². The molecule has 10 atom stereocenters. The van der Waals surface area contributed by atoms with E-state index in [2.05, 4.69) is 0 Å². The van der Waals surface area contributed by atoms with Gasteiger partial charge in [0.05, 0.1) is 12.7 Å². The van der Waals surface area contributed by atoms with Gasteiger partial charge in [0.25, 0.3) is 0 Å². The number of ether oxygens (including phenoxy) is 4. The second-order valence-electron chi connectivity index (χ2n) is 10.3. The molecular formula is C27H30O16. The number of rotatable bonds is 6. The van der Waals surface area contributed by atoms with Crippen molar-refractivity contribution in [3.63, 3.8) is 0 Å². The predicted octanol–water partition coefficient (Wildman–Crippen LogP) is -1.69. The molecule has 2 aliphatic heterocycles. The van der Waals surface area contributed by atoms with Crippen molar-refractivity contribution in [1.29, 1.82) is 0 Å². The summed E-state index contributed by atoms with van der Waals surface area (Å²) in [7, 11) is 0. The number of hydrogen-bond acceptors (Lipinski definition) is 16. The van der Waals surface area contributed by atoms with E-state index in [0.717, 1.165) is 24.3 Å². The Labute approximate surface area is 241 Å². The lowest BCUT2D eigenvalue weighted by Crippen LogP contribution is -2.61. The Kier molecular flexibility index (Phi) is 8.41. The molecule has 2 saturated heterocycles. The largest absolute Gasteiger partial charge is 0.508 e. The van der Waals surface area contributed by atoms with Crippen LogP contribution in [-0.2, 0) is 14.2 Å². The molecule has 16 heteroatoms. The zero-order valence-electron chi connectivity index (χ0n) is 22.3. The maximum absolute atomic E-state index is 13.6. The maximum atomic E-state index is 13.6. The molecule has 0 bridgehead atoms. The molecule has 5 rings (SSSR count).